The first-order valence-electron chi connectivity index (χ1n) is 6.54. The molecule has 1 atom stereocenters. The number of hydrogen-bond acceptors (Lipinski definition) is 6. The molecule has 21 heavy (non-hydrogen) atoms. The van der Waals surface area contributed by atoms with Gasteiger partial charge in [-0.25, -0.2) is 9.97 Å². The average molecular weight is 302 g/mol. The number of fused-ring (bicyclic) bond motifs is 3. The van der Waals surface area contributed by atoms with Gasteiger partial charge in [0.25, 0.3) is 0 Å². The van der Waals surface area contributed by atoms with Crippen molar-refractivity contribution in [2.45, 2.75) is 23.6 Å². The van der Waals surface area contributed by atoms with Gasteiger partial charge in [-0.1, -0.05) is 30.8 Å². The van der Waals surface area contributed by atoms with Crippen LogP contribution in [0.4, 0.5) is 0 Å². The Morgan fingerprint density at radius 3 is 3.00 bits per heavy atom. The summed E-state index contributed by atoms with van der Waals surface area (Å²) in [5, 5.41) is 1.76. The largest absolute Gasteiger partial charge is 0.469 e. The number of furan rings is 1. The van der Waals surface area contributed by atoms with Crippen LogP contribution in [0.3, 0.4) is 0 Å². The Morgan fingerprint density at radius 2 is 2.19 bits per heavy atom. The Balaban J connectivity index is 1.97. The predicted octanol–water partition coefficient (Wildman–Crippen LogP) is 3.42. The first-order valence-corrected chi connectivity index (χ1v) is 7.42. The van der Waals surface area contributed by atoms with Crippen LogP contribution < -0.4 is 0 Å². The van der Waals surface area contributed by atoms with Gasteiger partial charge in [-0.3, -0.25) is 4.79 Å². The lowest BCUT2D eigenvalue weighted by atomic mass is 10.2. The van der Waals surface area contributed by atoms with E-state index >= 15 is 0 Å². The van der Waals surface area contributed by atoms with Gasteiger partial charge in [0.1, 0.15) is 22.5 Å². The third kappa shape index (κ3) is 2.71. The van der Waals surface area contributed by atoms with Crippen LogP contribution in [0, 0.1) is 0 Å². The summed E-state index contributed by atoms with van der Waals surface area (Å²) in [7, 11) is 1.39. The molecule has 1 unspecified atom stereocenters. The second-order valence-electron chi connectivity index (χ2n) is 4.66. The predicted molar refractivity (Wildman–Crippen MR) is 81.3 cm³/mol. The highest BCUT2D eigenvalue weighted by Crippen LogP contribution is 2.34. The van der Waals surface area contributed by atoms with Gasteiger partial charge in [0.2, 0.25) is 0 Å². The SMILES string of the molecule is COC(=O)CC(C)Sc1ncnc2c1oc1ccccc12. The maximum absolute atomic E-state index is 11.3. The molecule has 0 N–H and O–H groups in total. The summed E-state index contributed by atoms with van der Waals surface area (Å²) in [6, 6.07) is 7.75. The molecule has 1 aromatic carbocycles. The van der Waals surface area contributed by atoms with Crippen LogP contribution in [0.25, 0.3) is 22.1 Å². The van der Waals surface area contributed by atoms with E-state index in [1.54, 1.807) is 0 Å². The number of para-hydroxylation sites is 1. The van der Waals surface area contributed by atoms with Crippen molar-refractivity contribution in [3.05, 3.63) is 30.6 Å². The number of aromatic nitrogens is 2. The van der Waals surface area contributed by atoms with Crippen molar-refractivity contribution in [2.24, 2.45) is 0 Å². The Kier molecular flexibility index (Phi) is 3.79. The molecule has 3 rings (SSSR count). The lowest BCUT2D eigenvalue weighted by Gasteiger charge is -2.08. The van der Waals surface area contributed by atoms with Crippen molar-refractivity contribution in [3.8, 4) is 0 Å². The number of ether oxygens (including phenoxy) is 1. The molecular weight excluding hydrogens is 288 g/mol. The quantitative estimate of drug-likeness (QED) is 0.418. The minimum Gasteiger partial charge on any atom is -0.469 e. The molecule has 6 heteroatoms. The zero-order chi connectivity index (χ0) is 14.8. The van der Waals surface area contributed by atoms with Gasteiger partial charge in [0.15, 0.2) is 5.58 Å². The highest BCUT2D eigenvalue weighted by Gasteiger charge is 2.17. The normalized spacial score (nSPS) is 12.7. The molecule has 3 aromatic rings. The summed E-state index contributed by atoms with van der Waals surface area (Å²) < 4.78 is 10.5. The van der Waals surface area contributed by atoms with Gasteiger partial charge >= 0.3 is 5.97 Å². The number of hydrogen-bond donors (Lipinski definition) is 0. The number of carbonyl (C=O) groups excluding carboxylic acids is 1. The topological polar surface area (TPSA) is 65.2 Å². The third-order valence-electron chi connectivity index (χ3n) is 3.12. The number of nitrogens with zero attached hydrogens (tertiary/aromatic N) is 2. The van der Waals surface area contributed by atoms with Crippen LogP contribution in [-0.4, -0.2) is 28.3 Å². The summed E-state index contributed by atoms with van der Waals surface area (Å²) in [6.07, 6.45) is 1.85. The van der Waals surface area contributed by atoms with E-state index in [1.807, 2.05) is 31.2 Å². The zero-order valence-electron chi connectivity index (χ0n) is 11.7. The van der Waals surface area contributed by atoms with Crippen LogP contribution in [0.5, 0.6) is 0 Å². The van der Waals surface area contributed by atoms with E-state index in [9.17, 15) is 4.79 Å². The van der Waals surface area contributed by atoms with Crippen molar-refractivity contribution in [2.75, 3.05) is 7.11 Å². The molecule has 108 valence electrons. The molecule has 0 aliphatic carbocycles. The van der Waals surface area contributed by atoms with Crippen LogP contribution in [0.15, 0.2) is 40.0 Å². The van der Waals surface area contributed by atoms with E-state index in [-0.39, 0.29) is 11.2 Å². The van der Waals surface area contributed by atoms with Crippen molar-refractivity contribution in [1.82, 2.24) is 9.97 Å². The number of carbonyl (C=O) groups is 1. The first kappa shape index (κ1) is 13.9. The highest BCUT2D eigenvalue weighted by atomic mass is 32.2. The Labute approximate surface area is 125 Å². The second-order valence-corrected chi connectivity index (χ2v) is 6.09. The van der Waals surface area contributed by atoms with Crippen LogP contribution in [0.2, 0.25) is 0 Å². The summed E-state index contributed by atoms with van der Waals surface area (Å²) in [5.74, 6) is -0.232. The zero-order valence-corrected chi connectivity index (χ0v) is 12.5. The van der Waals surface area contributed by atoms with Crippen molar-refractivity contribution in [1.29, 1.82) is 0 Å². The third-order valence-corrected chi connectivity index (χ3v) is 4.20. The molecule has 5 nitrogen and oxygen atoms in total. The number of methoxy groups -OCH3 is 1. The van der Waals surface area contributed by atoms with Crippen LogP contribution >= 0.6 is 11.8 Å². The number of rotatable bonds is 4. The average Bonchev–Trinajstić information content (AvgIpc) is 2.87. The molecule has 0 saturated carbocycles. The molecule has 2 aromatic heterocycles. The summed E-state index contributed by atoms with van der Waals surface area (Å²) in [6.45, 7) is 1.96. The van der Waals surface area contributed by atoms with E-state index < -0.39 is 0 Å². The van der Waals surface area contributed by atoms with Gasteiger partial charge in [-0.05, 0) is 12.1 Å². The Hall–Kier alpha value is -2.08. The monoisotopic (exact) mass is 302 g/mol. The molecule has 0 amide bonds. The molecule has 0 spiro atoms. The van der Waals surface area contributed by atoms with Gasteiger partial charge < -0.3 is 9.15 Å². The fourth-order valence-electron chi connectivity index (χ4n) is 2.14. The summed E-state index contributed by atoms with van der Waals surface area (Å²) in [5.41, 5.74) is 2.25. The molecule has 0 radical (unpaired) electrons. The molecule has 2 heterocycles. The van der Waals surface area contributed by atoms with Gasteiger partial charge in [-0.15, -0.1) is 0 Å². The number of benzene rings is 1. The molecule has 0 aliphatic heterocycles. The van der Waals surface area contributed by atoms with Gasteiger partial charge in [-0.2, -0.15) is 0 Å². The molecule has 0 saturated heterocycles. The van der Waals surface area contributed by atoms with Gasteiger partial charge in [0.05, 0.1) is 13.5 Å². The van der Waals surface area contributed by atoms with E-state index in [4.69, 9.17) is 4.42 Å². The molecule has 0 aliphatic rings. The van der Waals surface area contributed by atoms with E-state index in [0.717, 1.165) is 21.5 Å². The number of thioether (sulfide) groups is 1. The summed E-state index contributed by atoms with van der Waals surface area (Å²) in [4.78, 5) is 19.9. The first-order chi connectivity index (χ1) is 10.2. The van der Waals surface area contributed by atoms with Crippen LogP contribution in [0.1, 0.15) is 13.3 Å². The maximum Gasteiger partial charge on any atom is 0.306 e. The van der Waals surface area contributed by atoms with E-state index in [0.29, 0.717) is 12.0 Å². The van der Waals surface area contributed by atoms with Crippen LogP contribution in [-0.2, 0) is 9.53 Å². The maximum atomic E-state index is 11.3. The smallest absolute Gasteiger partial charge is 0.306 e. The minimum absolute atomic E-state index is 0.0452. The fourth-order valence-corrected chi connectivity index (χ4v) is 3.09. The highest BCUT2D eigenvalue weighted by molar-refractivity contribution is 8.00. The van der Waals surface area contributed by atoms with Crippen molar-refractivity contribution >= 4 is 39.8 Å². The lowest BCUT2D eigenvalue weighted by molar-refractivity contribution is -0.140. The van der Waals surface area contributed by atoms with Gasteiger partial charge in [0, 0.05) is 10.6 Å². The molecular formula is C15H14N2O3S. The molecule has 0 fully saturated rings. The lowest BCUT2D eigenvalue weighted by Crippen LogP contribution is -2.08. The Morgan fingerprint density at radius 1 is 1.38 bits per heavy atom. The van der Waals surface area contributed by atoms with E-state index in [1.165, 1.54) is 25.2 Å². The summed E-state index contributed by atoms with van der Waals surface area (Å²) >= 11 is 1.49. The van der Waals surface area contributed by atoms with Crippen molar-refractivity contribution in [3.63, 3.8) is 0 Å². The van der Waals surface area contributed by atoms with Crippen molar-refractivity contribution < 1.29 is 13.9 Å². The van der Waals surface area contributed by atoms with E-state index in [2.05, 4.69) is 14.7 Å². The molecule has 0 bridgehead atoms. The standard InChI is InChI=1S/C15H14N2O3S/c1-9(7-12(18)19-2)21-15-14-13(16-8-17-15)10-5-3-4-6-11(10)20-14/h3-6,8-9H,7H2,1-2H3. The minimum atomic E-state index is -0.232. The Bertz CT molecular complexity index is 800. The number of esters is 1. The fraction of sp³-hybridized carbons (Fsp3) is 0.267. The second kappa shape index (κ2) is 5.73.